The van der Waals surface area contributed by atoms with Crippen molar-refractivity contribution < 1.29 is 9.53 Å². The van der Waals surface area contributed by atoms with Crippen LogP contribution in [0.25, 0.3) is 10.8 Å². The van der Waals surface area contributed by atoms with E-state index >= 15 is 0 Å². The number of ether oxygens (including phenoxy) is 1. The lowest BCUT2D eigenvalue weighted by Crippen LogP contribution is -2.24. The molecule has 1 amide bonds. The van der Waals surface area contributed by atoms with E-state index in [9.17, 15) is 4.79 Å². The summed E-state index contributed by atoms with van der Waals surface area (Å²) in [6.45, 7) is 2.85. The standard InChI is InChI=1S/C21H23N3O2/c1-3-26-19-11-10-14-6-4-5-7-17(14)20(19)21(25)22-13-16-12-18(15-8-9-15)24(2)23-16/h4-7,10-12,15H,3,8-9,13H2,1-2H3,(H,22,25). The number of fused-ring (bicyclic) bond motifs is 1. The van der Waals surface area contributed by atoms with E-state index in [1.807, 2.05) is 55.1 Å². The number of aromatic nitrogens is 2. The van der Waals surface area contributed by atoms with E-state index in [-0.39, 0.29) is 5.91 Å². The predicted molar refractivity (Wildman–Crippen MR) is 101 cm³/mol. The summed E-state index contributed by atoms with van der Waals surface area (Å²) in [7, 11) is 1.97. The first kappa shape index (κ1) is 16.6. The monoisotopic (exact) mass is 349 g/mol. The fourth-order valence-electron chi connectivity index (χ4n) is 3.41. The number of amides is 1. The van der Waals surface area contributed by atoms with E-state index < -0.39 is 0 Å². The number of nitrogens with zero attached hydrogens (tertiary/aromatic N) is 2. The van der Waals surface area contributed by atoms with E-state index in [2.05, 4.69) is 16.5 Å². The van der Waals surface area contributed by atoms with Gasteiger partial charge in [0.25, 0.3) is 5.91 Å². The molecular weight excluding hydrogens is 326 g/mol. The van der Waals surface area contributed by atoms with Gasteiger partial charge < -0.3 is 10.1 Å². The van der Waals surface area contributed by atoms with Gasteiger partial charge in [-0.1, -0.05) is 30.3 Å². The number of aryl methyl sites for hydroxylation is 1. The number of hydrogen-bond donors (Lipinski definition) is 1. The van der Waals surface area contributed by atoms with Gasteiger partial charge in [-0.3, -0.25) is 9.48 Å². The van der Waals surface area contributed by atoms with Crippen molar-refractivity contribution in [3.63, 3.8) is 0 Å². The molecule has 0 bridgehead atoms. The van der Waals surface area contributed by atoms with Crippen LogP contribution < -0.4 is 10.1 Å². The fraction of sp³-hybridized carbons (Fsp3) is 0.333. The Bertz CT molecular complexity index is 957. The summed E-state index contributed by atoms with van der Waals surface area (Å²) >= 11 is 0. The van der Waals surface area contributed by atoms with Crippen molar-refractivity contribution >= 4 is 16.7 Å². The summed E-state index contributed by atoms with van der Waals surface area (Å²) in [5.41, 5.74) is 2.73. The van der Waals surface area contributed by atoms with Crippen LogP contribution in [0.4, 0.5) is 0 Å². The number of carbonyl (C=O) groups is 1. The summed E-state index contributed by atoms with van der Waals surface area (Å²) in [4.78, 5) is 12.9. The van der Waals surface area contributed by atoms with Gasteiger partial charge in [-0.2, -0.15) is 5.10 Å². The molecule has 1 aromatic heterocycles. The molecule has 1 aliphatic carbocycles. The van der Waals surface area contributed by atoms with Gasteiger partial charge in [-0.05, 0) is 42.7 Å². The maximum Gasteiger partial charge on any atom is 0.256 e. The molecule has 3 aromatic rings. The Morgan fingerprint density at radius 2 is 2.08 bits per heavy atom. The quantitative estimate of drug-likeness (QED) is 0.737. The van der Waals surface area contributed by atoms with E-state index in [4.69, 9.17) is 4.74 Å². The van der Waals surface area contributed by atoms with Crippen molar-refractivity contribution in [2.24, 2.45) is 7.05 Å². The van der Waals surface area contributed by atoms with Crippen molar-refractivity contribution in [2.45, 2.75) is 32.2 Å². The number of hydrogen-bond acceptors (Lipinski definition) is 3. The van der Waals surface area contributed by atoms with Gasteiger partial charge in [0.2, 0.25) is 0 Å². The lowest BCUT2D eigenvalue weighted by Gasteiger charge is -2.13. The van der Waals surface area contributed by atoms with Gasteiger partial charge in [-0.25, -0.2) is 0 Å². The highest BCUT2D eigenvalue weighted by Gasteiger charge is 2.27. The van der Waals surface area contributed by atoms with Crippen LogP contribution in [-0.4, -0.2) is 22.3 Å². The SMILES string of the molecule is CCOc1ccc2ccccc2c1C(=O)NCc1cc(C2CC2)n(C)n1. The van der Waals surface area contributed by atoms with Gasteiger partial charge in [0.15, 0.2) is 0 Å². The molecule has 0 aliphatic heterocycles. The second-order valence-corrected chi connectivity index (χ2v) is 6.73. The largest absolute Gasteiger partial charge is 0.493 e. The number of nitrogens with one attached hydrogen (secondary N) is 1. The summed E-state index contributed by atoms with van der Waals surface area (Å²) in [6, 6.07) is 13.8. The third-order valence-corrected chi connectivity index (χ3v) is 4.81. The summed E-state index contributed by atoms with van der Waals surface area (Å²) in [5.74, 6) is 1.12. The molecular formula is C21H23N3O2. The van der Waals surface area contributed by atoms with Gasteiger partial charge in [0.05, 0.1) is 24.4 Å². The van der Waals surface area contributed by atoms with Crippen LogP contribution >= 0.6 is 0 Å². The first-order valence-corrected chi connectivity index (χ1v) is 9.13. The highest BCUT2D eigenvalue weighted by atomic mass is 16.5. The van der Waals surface area contributed by atoms with Crippen molar-refractivity contribution in [2.75, 3.05) is 6.61 Å². The molecule has 1 heterocycles. The highest BCUT2D eigenvalue weighted by molar-refractivity contribution is 6.09. The van der Waals surface area contributed by atoms with Crippen molar-refractivity contribution in [1.82, 2.24) is 15.1 Å². The molecule has 0 saturated heterocycles. The predicted octanol–water partition coefficient (Wildman–Crippen LogP) is 3.78. The normalized spacial score (nSPS) is 13.8. The molecule has 5 heteroatoms. The lowest BCUT2D eigenvalue weighted by atomic mass is 10.0. The topological polar surface area (TPSA) is 56.1 Å². The summed E-state index contributed by atoms with van der Waals surface area (Å²) in [6.07, 6.45) is 2.47. The Balaban J connectivity index is 1.59. The molecule has 1 fully saturated rings. The van der Waals surface area contributed by atoms with Gasteiger partial charge in [0, 0.05) is 18.7 Å². The molecule has 1 aliphatic rings. The van der Waals surface area contributed by atoms with E-state index in [0.29, 0.717) is 30.4 Å². The minimum absolute atomic E-state index is 0.135. The average Bonchev–Trinajstić information content (AvgIpc) is 3.42. The molecule has 2 aromatic carbocycles. The van der Waals surface area contributed by atoms with Crippen LogP contribution in [0, 0.1) is 0 Å². The molecule has 1 N–H and O–H groups in total. The third-order valence-electron chi connectivity index (χ3n) is 4.81. The van der Waals surface area contributed by atoms with Crippen LogP contribution in [0.2, 0.25) is 0 Å². The Kier molecular flexibility index (Phi) is 4.37. The van der Waals surface area contributed by atoms with Crippen molar-refractivity contribution in [3.8, 4) is 5.75 Å². The maximum absolute atomic E-state index is 12.9. The van der Waals surface area contributed by atoms with E-state index in [0.717, 1.165) is 16.5 Å². The van der Waals surface area contributed by atoms with Gasteiger partial charge in [-0.15, -0.1) is 0 Å². The zero-order chi connectivity index (χ0) is 18.1. The molecule has 0 radical (unpaired) electrons. The van der Waals surface area contributed by atoms with Crippen LogP contribution in [-0.2, 0) is 13.6 Å². The Morgan fingerprint density at radius 3 is 2.85 bits per heavy atom. The molecule has 5 nitrogen and oxygen atoms in total. The summed E-state index contributed by atoms with van der Waals surface area (Å²) in [5, 5.41) is 9.46. The minimum atomic E-state index is -0.135. The second kappa shape index (κ2) is 6.83. The number of benzene rings is 2. The van der Waals surface area contributed by atoms with Crippen LogP contribution in [0.3, 0.4) is 0 Å². The van der Waals surface area contributed by atoms with Gasteiger partial charge >= 0.3 is 0 Å². The van der Waals surface area contributed by atoms with Crippen LogP contribution in [0.15, 0.2) is 42.5 Å². The molecule has 1 saturated carbocycles. The van der Waals surface area contributed by atoms with E-state index in [1.165, 1.54) is 18.5 Å². The molecule has 0 spiro atoms. The van der Waals surface area contributed by atoms with Crippen molar-refractivity contribution in [1.29, 1.82) is 0 Å². The summed E-state index contributed by atoms with van der Waals surface area (Å²) < 4.78 is 7.63. The first-order valence-electron chi connectivity index (χ1n) is 9.13. The fourth-order valence-corrected chi connectivity index (χ4v) is 3.41. The Labute approximate surface area is 153 Å². The zero-order valence-electron chi connectivity index (χ0n) is 15.2. The van der Waals surface area contributed by atoms with Gasteiger partial charge in [0.1, 0.15) is 5.75 Å². The Hall–Kier alpha value is -2.82. The molecule has 0 atom stereocenters. The zero-order valence-corrected chi connectivity index (χ0v) is 15.2. The molecule has 0 unspecified atom stereocenters. The lowest BCUT2D eigenvalue weighted by molar-refractivity contribution is 0.0948. The number of rotatable bonds is 6. The van der Waals surface area contributed by atoms with E-state index in [1.54, 1.807) is 0 Å². The minimum Gasteiger partial charge on any atom is -0.493 e. The second-order valence-electron chi connectivity index (χ2n) is 6.73. The average molecular weight is 349 g/mol. The first-order chi connectivity index (χ1) is 12.7. The molecule has 4 rings (SSSR count). The van der Waals surface area contributed by atoms with Crippen LogP contribution in [0.5, 0.6) is 5.75 Å². The van der Waals surface area contributed by atoms with Crippen LogP contribution in [0.1, 0.15) is 47.4 Å². The Morgan fingerprint density at radius 1 is 1.27 bits per heavy atom. The molecule has 26 heavy (non-hydrogen) atoms. The molecule has 134 valence electrons. The third kappa shape index (κ3) is 3.17. The van der Waals surface area contributed by atoms with Crippen molar-refractivity contribution in [3.05, 3.63) is 59.4 Å². The highest BCUT2D eigenvalue weighted by Crippen LogP contribution is 2.39. The smallest absolute Gasteiger partial charge is 0.256 e. The number of carbonyl (C=O) groups excluding carboxylic acids is 1. The maximum atomic E-state index is 12.9.